The Morgan fingerprint density at radius 1 is 1.26 bits per heavy atom. The number of piperidine rings is 1. The van der Waals surface area contributed by atoms with Gasteiger partial charge in [0.05, 0.1) is 12.2 Å². The third kappa shape index (κ3) is 5.01. The van der Waals surface area contributed by atoms with Crippen LogP contribution in [0.15, 0.2) is 24.3 Å². The molecule has 0 amide bonds. The van der Waals surface area contributed by atoms with Crippen molar-refractivity contribution in [1.82, 2.24) is 4.90 Å². The third-order valence-electron chi connectivity index (χ3n) is 3.63. The number of benzene rings is 1. The van der Waals surface area contributed by atoms with Crippen LogP contribution in [0.1, 0.15) is 26.2 Å². The zero-order valence-electron chi connectivity index (χ0n) is 11.4. The molecular formula is C15H22ClNO2. The molecule has 2 rings (SSSR count). The number of aliphatic hydroxyl groups is 1. The van der Waals surface area contributed by atoms with Crippen LogP contribution in [0.3, 0.4) is 0 Å². The van der Waals surface area contributed by atoms with Gasteiger partial charge in [0.2, 0.25) is 0 Å². The van der Waals surface area contributed by atoms with Crippen molar-refractivity contribution in [3.63, 3.8) is 0 Å². The van der Waals surface area contributed by atoms with Crippen LogP contribution >= 0.6 is 11.6 Å². The molecule has 0 aromatic heterocycles. The number of halogens is 1. The second kappa shape index (κ2) is 6.60. The summed E-state index contributed by atoms with van der Waals surface area (Å²) in [5.74, 6) is 0.867. The first-order valence-corrected chi connectivity index (χ1v) is 7.26. The zero-order valence-corrected chi connectivity index (χ0v) is 12.2. The SMILES string of the molecule is CC1(O)CCN(CCCOc2ccc(Cl)cc2)CC1. The minimum Gasteiger partial charge on any atom is -0.494 e. The summed E-state index contributed by atoms with van der Waals surface area (Å²) in [4.78, 5) is 2.39. The maximum atomic E-state index is 9.87. The van der Waals surface area contributed by atoms with Crippen LogP contribution < -0.4 is 4.74 Å². The van der Waals surface area contributed by atoms with Gasteiger partial charge in [-0.05, 0) is 50.5 Å². The second-order valence-electron chi connectivity index (χ2n) is 5.49. The molecule has 0 unspecified atom stereocenters. The largest absolute Gasteiger partial charge is 0.494 e. The van der Waals surface area contributed by atoms with Crippen molar-refractivity contribution >= 4 is 11.6 Å². The molecule has 1 aliphatic heterocycles. The quantitative estimate of drug-likeness (QED) is 0.844. The predicted molar refractivity (Wildman–Crippen MR) is 77.9 cm³/mol. The van der Waals surface area contributed by atoms with E-state index in [-0.39, 0.29) is 0 Å². The summed E-state index contributed by atoms with van der Waals surface area (Å²) in [7, 11) is 0. The van der Waals surface area contributed by atoms with E-state index in [0.717, 1.165) is 49.7 Å². The molecule has 1 heterocycles. The molecule has 1 aromatic carbocycles. The maximum absolute atomic E-state index is 9.87. The smallest absolute Gasteiger partial charge is 0.119 e. The van der Waals surface area contributed by atoms with Gasteiger partial charge in [0.25, 0.3) is 0 Å². The Labute approximate surface area is 120 Å². The average Bonchev–Trinajstić information content (AvgIpc) is 2.38. The lowest BCUT2D eigenvalue weighted by Crippen LogP contribution is -2.42. The van der Waals surface area contributed by atoms with Crippen LogP contribution in [0.5, 0.6) is 5.75 Å². The number of nitrogens with zero attached hydrogens (tertiary/aromatic N) is 1. The molecule has 0 bridgehead atoms. The normalized spacial score (nSPS) is 19.3. The summed E-state index contributed by atoms with van der Waals surface area (Å²) in [6.07, 6.45) is 2.74. The number of rotatable bonds is 5. The molecule has 0 radical (unpaired) electrons. The standard InChI is InChI=1S/C15H22ClNO2/c1-15(18)7-10-17(11-8-15)9-2-12-19-14-5-3-13(16)4-6-14/h3-6,18H,2,7-12H2,1H3. The van der Waals surface area contributed by atoms with E-state index in [9.17, 15) is 5.11 Å². The average molecular weight is 284 g/mol. The topological polar surface area (TPSA) is 32.7 Å². The zero-order chi connectivity index (χ0) is 13.7. The molecule has 0 atom stereocenters. The third-order valence-corrected chi connectivity index (χ3v) is 3.89. The highest BCUT2D eigenvalue weighted by Crippen LogP contribution is 2.21. The van der Waals surface area contributed by atoms with Crippen molar-refractivity contribution < 1.29 is 9.84 Å². The number of ether oxygens (including phenoxy) is 1. The van der Waals surface area contributed by atoms with Gasteiger partial charge >= 0.3 is 0 Å². The molecule has 1 aromatic rings. The first-order chi connectivity index (χ1) is 9.05. The number of likely N-dealkylation sites (tertiary alicyclic amines) is 1. The van der Waals surface area contributed by atoms with Gasteiger partial charge in [0, 0.05) is 24.7 Å². The molecule has 3 nitrogen and oxygen atoms in total. The van der Waals surface area contributed by atoms with E-state index >= 15 is 0 Å². The van der Waals surface area contributed by atoms with Crippen LogP contribution in [-0.4, -0.2) is 41.8 Å². The Morgan fingerprint density at radius 3 is 2.53 bits per heavy atom. The fraction of sp³-hybridized carbons (Fsp3) is 0.600. The van der Waals surface area contributed by atoms with E-state index in [0.29, 0.717) is 6.61 Å². The van der Waals surface area contributed by atoms with Gasteiger partial charge in [-0.15, -0.1) is 0 Å². The van der Waals surface area contributed by atoms with Crippen LogP contribution in [0.2, 0.25) is 5.02 Å². The number of hydrogen-bond acceptors (Lipinski definition) is 3. The summed E-state index contributed by atoms with van der Waals surface area (Å²) < 4.78 is 5.66. The first kappa shape index (κ1) is 14.6. The monoisotopic (exact) mass is 283 g/mol. The van der Waals surface area contributed by atoms with E-state index < -0.39 is 5.60 Å². The summed E-state index contributed by atoms with van der Waals surface area (Å²) in [6, 6.07) is 7.45. The van der Waals surface area contributed by atoms with E-state index in [1.165, 1.54) is 0 Å². The van der Waals surface area contributed by atoms with Gasteiger partial charge in [-0.1, -0.05) is 11.6 Å². The molecule has 1 N–H and O–H groups in total. The van der Waals surface area contributed by atoms with E-state index in [1.807, 2.05) is 31.2 Å². The van der Waals surface area contributed by atoms with Crippen molar-refractivity contribution in [2.75, 3.05) is 26.2 Å². The highest BCUT2D eigenvalue weighted by atomic mass is 35.5. The Balaban J connectivity index is 1.61. The summed E-state index contributed by atoms with van der Waals surface area (Å²) in [5.41, 5.74) is -0.462. The van der Waals surface area contributed by atoms with Crippen molar-refractivity contribution in [2.45, 2.75) is 31.8 Å². The van der Waals surface area contributed by atoms with Crippen LogP contribution in [0.25, 0.3) is 0 Å². The molecular weight excluding hydrogens is 262 g/mol. The Hall–Kier alpha value is -0.770. The predicted octanol–water partition coefficient (Wildman–Crippen LogP) is 2.96. The van der Waals surface area contributed by atoms with E-state index in [4.69, 9.17) is 16.3 Å². The minimum atomic E-state index is -0.462. The fourth-order valence-corrected chi connectivity index (χ4v) is 2.39. The van der Waals surface area contributed by atoms with Crippen LogP contribution in [-0.2, 0) is 0 Å². The van der Waals surface area contributed by atoms with Gasteiger partial charge in [0.1, 0.15) is 5.75 Å². The molecule has 0 saturated carbocycles. The molecule has 0 spiro atoms. The maximum Gasteiger partial charge on any atom is 0.119 e. The molecule has 1 aliphatic rings. The Bertz CT molecular complexity index is 382. The Morgan fingerprint density at radius 2 is 1.89 bits per heavy atom. The first-order valence-electron chi connectivity index (χ1n) is 6.88. The molecule has 0 aliphatic carbocycles. The summed E-state index contributed by atoms with van der Waals surface area (Å²) >= 11 is 5.81. The minimum absolute atomic E-state index is 0.462. The Kier molecular flexibility index (Phi) is 5.08. The number of hydrogen-bond donors (Lipinski definition) is 1. The lowest BCUT2D eigenvalue weighted by molar-refractivity contribution is -0.00603. The molecule has 4 heteroatoms. The van der Waals surface area contributed by atoms with Crippen molar-refractivity contribution in [2.24, 2.45) is 0 Å². The van der Waals surface area contributed by atoms with Crippen LogP contribution in [0, 0.1) is 0 Å². The van der Waals surface area contributed by atoms with Gasteiger partial charge < -0.3 is 14.7 Å². The van der Waals surface area contributed by atoms with Gasteiger partial charge in [-0.25, -0.2) is 0 Å². The molecule has 106 valence electrons. The van der Waals surface area contributed by atoms with Crippen LogP contribution in [0.4, 0.5) is 0 Å². The lowest BCUT2D eigenvalue weighted by Gasteiger charge is -2.35. The molecule has 1 saturated heterocycles. The second-order valence-corrected chi connectivity index (χ2v) is 5.93. The summed E-state index contributed by atoms with van der Waals surface area (Å²) in [5, 5.41) is 10.6. The van der Waals surface area contributed by atoms with Crippen molar-refractivity contribution in [3.8, 4) is 5.75 Å². The van der Waals surface area contributed by atoms with Gasteiger partial charge in [0.15, 0.2) is 0 Å². The van der Waals surface area contributed by atoms with E-state index in [2.05, 4.69) is 4.90 Å². The molecule has 19 heavy (non-hydrogen) atoms. The highest BCUT2D eigenvalue weighted by Gasteiger charge is 2.26. The highest BCUT2D eigenvalue weighted by molar-refractivity contribution is 6.30. The van der Waals surface area contributed by atoms with Crippen molar-refractivity contribution in [3.05, 3.63) is 29.3 Å². The van der Waals surface area contributed by atoms with Gasteiger partial charge in [-0.2, -0.15) is 0 Å². The van der Waals surface area contributed by atoms with Gasteiger partial charge in [-0.3, -0.25) is 0 Å². The molecule has 1 fully saturated rings. The van der Waals surface area contributed by atoms with E-state index in [1.54, 1.807) is 0 Å². The van der Waals surface area contributed by atoms with Crippen molar-refractivity contribution in [1.29, 1.82) is 0 Å². The fourth-order valence-electron chi connectivity index (χ4n) is 2.27. The summed E-state index contributed by atoms with van der Waals surface area (Å²) in [6.45, 7) is 5.63. The lowest BCUT2D eigenvalue weighted by atomic mass is 9.94.